The van der Waals surface area contributed by atoms with Crippen molar-refractivity contribution in [3.05, 3.63) is 52.8 Å². The van der Waals surface area contributed by atoms with Crippen molar-refractivity contribution in [3.8, 4) is 5.82 Å². The Morgan fingerprint density at radius 3 is 2.57 bits per heavy atom. The molecule has 154 valence electrons. The molecule has 0 aliphatic rings. The highest BCUT2D eigenvalue weighted by Crippen LogP contribution is 2.25. The number of urea groups is 1. The Morgan fingerprint density at radius 2 is 1.87 bits per heavy atom. The molecule has 4 heterocycles. The average Bonchev–Trinajstić information content (AvgIpc) is 3.36. The first-order chi connectivity index (χ1) is 14.5. The number of amides is 2. The van der Waals surface area contributed by atoms with Crippen LogP contribution in [-0.4, -0.2) is 47.7 Å². The van der Waals surface area contributed by atoms with Gasteiger partial charge in [0.05, 0.1) is 46.9 Å². The van der Waals surface area contributed by atoms with E-state index in [0.29, 0.717) is 33.7 Å². The lowest BCUT2D eigenvalue weighted by molar-refractivity contribution is 0.262. The molecular weight excluding hydrogens is 431 g/mol. The topological polar surface area (TPSA) is 127 Å². The summed E-state index contributed by atoms with van der Waals surface area (Å²) >= 11 is 12.3. The molecule has 0 aliphatic carbocycles. The summed E-state index contributed by atoms with van der Waals surface area (Å²) in [5.74, 6) is 0.350. The van der Waals surface area contributed by atoms with E-state index < -0.39 is 6.03 Å². The summed E-state index contributed by atoms with van der Waals surface area (Å²) in [4.78, 5) is 22.4. The minimum absolute atomic E-state index is 0.140. The van der Waals surface area contributed by atoms with Gasteiger partial charge in [-0.3, -0.25) is 0 Å². The number of hydrogen-bond acceptors (Lipinski definition) is 7. The molecule has 0 fully saturated rings. The Morgan fingerprint density at radius 1 is 1.10 bits per heavy atom. The lowest BCUT2D eigenvalue weighted by Gasteiger charge is -2.17. The number of anilines is 2. The maximum absolute atomic E-state index is 12.6. The van der Waals surface area contributed by atoms with Gasteiger partial charge >= 0.3 is 6.03 Å². The van der Waals surface area contributed by atoms with Gasteiger partial charge in [-0.05, 0) is 20.0 Å². The predicted molar refractivity (Wildman–Crippen MR) is 112 cm³/mol. The highest BCUT2D eigenvalue weighted by molar-refractivity contribution is 6.32. The SMILES string of the molecule is CN[C@@H](C)c1c(NC(=O)Nc2cnc(-n3nccn3)c(Cl)c2)cnc2cc(Cl)nn12. The van der Waals surface area contributed by atoms with Crippen LogP contribution in [0, 0.1) is 0 Å². The first-order valence-corrected chi connectivity index (χ1v) is 9.53. The highest BCUT2D eigenvalue weighted by atomic mass is 35.5. The number of rotatable bonds is 5. The third kappa shape index (κ3) is 3.90. The van der Waals surface area contributed by atoms with Gasteiger partial charge < -0.3 is 16.0 Å². The fourth-order valence-corrected chi connectivity index (χ4v) is 3.24. The molecule has 0 spiro atoms. The molecule has 4 rings (SSSR count). The Labute approximate surface area is 180 Å². The van der Waals surface area contributed by atoms with Crippen LogP contribution in [0.4, 0.5) is 16.2 Å². The second-order valence-electron chi connectivity index (χ2n) is 6.23. The second-order valence-corrected chi connectivity index (χ2v) is 7.03. The molecular formula is C17H16Cl2N10O. The maximum Gasteiger partial charge on any atom is 0.323 e. The van der Waals surface area contributed by atoms with E-state index in [2.05, 4.69) is 41.2 Å². The van der Waals surface area contributed by atoms with Crippen LogP contribution >= 0.6 is 23.2 Å². The maximum atomic E-state index is 12.6. The Bertz CT molecular complexity index is 1210. The Kier molecular flexibility index (Phi) is 5.48. The summed E-state index contributed by atoms with van der Waals surface area (Å²) in [5, 5.41) is 21.4. The summed E-state index contributed by atoms with van der Waals surface area (Å²) in [6, 6.07) is 2.56. The van der Waals surface area contributed by atoms with Crippen molar-refractivity contribution in [3.63, 3.8) is 0 Å². The number of fused-ring (bicyclic) bond motifs is 1. The number of aromatic nitrogens is 7. The molecule has 30 heavy (non-hydrogen) atoms. The van der Waals surface area contributed by atoms with Gasteiger partial charge in [-0.25, -0.2) is 19.3 Å². The van der Waals surface area contributed by atoms with Gasteiger partial charge in [-0.15, -0.1) is 4.80 Å². The lowest BCUT2D eigenvalue weighted by Crippen LogP contribution is -2.24. The van der Waals surface area contributed by atoms with Crippen molar-refractivity contribution in [1.82, 2.24) is 39.9 Å². The molecule has 1 atom stereocenters. The van der Waals surface area contributed by atoms with Crippen molar-refractivity contribution < 1.29 is 4.79 Å². The molecule has 0 saturated heterocycles. The molecule has 13 heteroatoms. The largest absolute Gasteiger partial charge is 0.323 e. The van der Waals surface area contributed by atoms with E-state index in [4.69, 9.17) is 23.2 Å². The third-order valence-electron chi connectivity index (χ3n) is 4.27. The Balaban J connectivity index is 1.57. The number of nitrogens with one attached hydrogen (secondary N) is 3. The molecule has 0 radical (unpaired) electrons. The van der Waals surface area contributed by atoms with Crippen molar-refractivity contribution in [1.29, 1.82) is 0 Å². The zero-order valence-corrected chi connectivity index (χ0v) is 17.3. The monoisotopic (exact) mass is 446 g/mol. The molecule has 4 aromatic rings. The zero-order chi connectivity index (χ0) is 21.3. The fourth-order valence-electron chi connectivity index (χ4n) is 2.83. The van der Waals surface area contributed by atoms with Crippen LogP contribution in [0.25, 0.3) is 11.5 Å². The van der Waals surface area contributed by atoms with E-state index in [1.807, 2.05) is 6.92 Å². The molecule has 4 aromatic heterocycles. The van der Waals surface area contributed by atoms with Crippen molar-refractivity contribution in [2.45, 2.75) is 13.0 Å². The molecule has 0 saturated carbocycles. The number of carbonyl (C=O) groups is 1. The number of carbonyl (C=O) groups excluding carboxylic acids is 1. The van der Waals surface area contributed by atoms with Crippen LogP contribution in [0.15, 0.2) is 36.9 Å². The summed E-state index contributed by atoms with van der Waals surface area (Å²) in [7, 11) is 1.80. The van der Waals surface area contributed by atoms with Gasteiger partial charge in [0.25, 0.3) is 0 Å². The lowest BCUT2D eigenvalue weighted by atomic mass is 10.2. The first-order valence-electron chi connectivity index (χ1n) is 8.78. The average molecular weight is 447 g/mol. The van der Waals surface area contributed by atoms with Crippen LogP contribution in [0.1, 0.15) is 18.7 Å². The summed E-state index contributed by atoms with van der Waals surface area (Å²) in [6.45, 7) is 1.93. The molecule has 0 aromatic carbocycles. The minimum atomic E-state index is -0.498. The summed E-state index contributed by atoms with van der Waals surface area (Å²) < 4.78 is 1.59. The first kappa shape index (κ1) is 20.0. The quantitative estimate of drug-likeness (QED) is 0.429. The molecule has 3 N–H and O–H groups in total. The highest BCUT2D eigenvalue weighted by Gasteiger charge is 2.18. The van der Waals surface area contributed by atoms with Gasteiger partial charge in [0.2, 0.25) is 0 Å². The van der Waals surface area contributed by atoms with Crippen LogP contribution < -0.4 is 16.0 Å². The van der Waals surface area contributed by atoms with Gasteiger partial charge in [-0.2, -0.15) is 15.3 Å². The molecule has 0 unspecified atom stereocenters. The van der Waals surface area contributed by atoms with Gasteiger partial charge in [0.15, 0.2) is 16.6 Å². The van der Waals surface area contributed by atoms with Crippen LogP contribution in [0.5, 0.6) is 0 Å². The molecule has 2 amide bonds. The van der Waals surface area contributed by atoms with Crippen molar-refractivity contribution in [2.75, 3.05) is 17.7 Å². The van der Waals surface area contributed by atoms with Crippen LogP contribution in [0.2, 0.25) is 10.2 Å². The molecule has 0 aliphatic heterocycles. The Hall–Kier alpha value is -3.28. The summed E-state index contributed by atoms with van der Waals surface area (Å²) in [6.07, 6.45) is 6.03. The summed E-state index contributed by atoms with van der Waals surface area (Å²) in [5.41, 5.74) is 2.13. The number of pyridine rings is 1. The minimum Gasteiger partial charge on any atom is -0.312 e. The molecule has 11 nitrogen and oxygen atoms in total. The van der Waals surface area contributed by atoms with Crippen LogP contribution in [0.3, 0.4) is 0 Å². The predicted octanol–water partition coefficient (Wildman–Crippen LogP) is 2.94. The number of hydrogen-bond donors (Lipinski definition) is 3. The smallest absolute Gasteiger partial charge is 0.312 e. The normalized spacial score (nSPS) is 12.1. The standard InChI is InChI=1S/C17H16Cl2N10O/c1-9(20-2)15-12(8-21-14-6-13(19)27-28(14)15)26-17(30)25-10-5-11(18)16(22-7-10)29-23-3-4-24-29/h3-9,20H,1-2H3,(H2,25,26,30)/t9-/m0/s1. The van der Waals surface area contributed by atoms with Crippen molar-refractivity contribution in [2.24, 2.45) is 0 Å². The zero-order valence-electron chi connectivity index (χ0n) is 15.8. The van der Waals surface area contributed by atoms with E-state index >= 15 is 0 Å². The van der Waals surface area contributed by atoms with E-state index in [1.54, 1.807) is 29.9 Å². The van der Waals surface area contributed by atoms with Crippen LogP contribution in [-0.2, 0) is 0 Å². The number of halogens is 2. The van der Waals surface area contributed by atoms with E-state index in [-0.39, 0.29) is 11.1 Å². The van der Waals surface area contributed by atoms with E-state index in [0.717, 1.165) is 0 Å². The number of nitrogens with zero attached hydrogens (tertiary/aromatic N) is 7. The van der Waals surface area contributed by atoms with Crippen molar-refractivity contribution >= 4 is 46.3 Å². The van der Waals surface area contributed by atoms with Gasteiger partial charge in [0.1, 0.15) is 0 Å². The van der Waals surface area contributed by atoms with E-state index in [1.165, 1.54) is 23.4 Å². The second kappa shape index (κ2) is 8.22. The van der Waals surface area contributed by atoms with E-state index in [9.17, 15) is 4.79 Å². The van der Waals surface area contributed by atoms with Gasteiger partial charge in [-0.1, -0.05) is 23.2 Å². The fraction of sp³-hybridized carbons (Fsp3) is 0.176. The van der Waals surface area contributed by atoms with Gasteiger partial charge in [0, 0.05) is 12.1 Å². The molecule has 0 bridgehead atoms. The third-order valence-corrected chi connectivity index (χ3v) is 4.73.